The van der Waals surface area contributed by atoms with Gasteiger partial charge in [-0.25, -0.2) is 27.2 Å². The van der Waals surface area contributed by atoms with Crippen LogP contribution in [0.5, 0.6) is 17.2 Å². The SMILES string of the molecule is COC(=O)c1ccc(C)cc1.Cc1cc(F)ccc1F.Cc1ccc(Br)cc1.Cc1ccc(C(=O)O)cc1.Cc1ccc(C(F)(F)F)cc1.Cc1ccc(Cl)cc1.Cc1ccc(Cl)cc1Cl.Cc1ccc(F)cc1F.Cc1ccc(O)cc1.Cc1cccc(C)c1.Cc1cccc(O)c1.Cc1cccc(OC(F)(F)F)c1. The van der Waals surface area contributed by atoms with Crippen molar-refractivity contribution >= 4 is 62.7 Å². The molecule has 0 aromatic heterocycles. The van der Waals surface area contributed by atoms with Gasteiger partial charge in [-0.1, -0.05) is 229 Å². The molecule has 0 amide bonds. The monoisotopic (exact) mass is 1660 g/mol. The van der Waals surface area contributed by atoms with Gasteiger partial charge in [-0.2, -0.15) is 13.2 Å². The number of alkyl halides is 6. The summed E-state index contributed by atoms with van der Waals surface area (Å²) in [5, 5.41) is 28.3. The molecule has 12 aromatic rings. The summed E-state index contributed by atoms with van der Waals surface area (Å²) in [6.07, 6.45) is -8.82. The number of halogens is 14. The number of carbonyl (C=O) groups excluding carboxylic acids is 1. The van der Waals surface area contributed by atoms with Gasteiger partial charge in [0.2, 0.25) is 0 Å². The van der Waals surface area contributed by atoms with Gasteiger partial charge in [-0.15, -0.1) is 13.2 Å². The summed E-state index contributed by atoms with van der Waals surface area (Å²) in [5.41, 5.74) is 13.5. The topological polar surface area (TPSA) is 113 Å². The summed E-state index contributed by atoms with van der Waals surface area (Å²) in [6, 6.07) is 75.9. The Morgan fingerprint density at radius 1 is 0.360 bits per heavy atom. The van der Waals surface area contributed by atoms with Crippen LogP contribution in [0.1, 0.15) is 98.6 Å². The number of ether oxygens (including phenoxy) is 2. The van der Waals surface area contributed by atoms with Crippen molar-refractivity contribution < 1.29 is 78.3 Å². The first-order chi connectivity index (χ1) is 51.9. The highest BCUT2D eigenvalue weighted by atomic mass is 79.9. The normalized spacial score (nSPS) is 9.80. The number of hydrogen-bond acceptors (Lipinski definition) is 6. The first-order valence-corrected chi connectivity index (χ1v) is 35.5. The standard InChI is InChI=1S/C9H10O2.C8H7F3O.C8H7F3.C8H8O2.C8H10.C7H7Br.C7H6Cl2.C7H7Cl.2C7H6F2.2C7H8O/c1-7-3-5-8(6-4-7)9(10)11-2;1-6-3-2-4-7(5-6)12-8(9,10)11;1-6-2-4-7(5-3-6)8(9,10)11;1-6-2-4-7(5-3-6)8(9)10;1-7-4-3-5-8(2)6-7;1-6-2-4-7(8)5-3-6;1-5-2-3-6(8)4-7(5)9;1-6-2-4-7(8)5-3-6;1-5-4-6(8)2-3-7(5)9;1-5-2-3-6(8)4-7(5)9;1-6-2-4-7(8)5-3-6;1-6-3-2-4-7(8)5-6/h3-6H,1-2H3;2-5H,1H3;2-5H,1H3;2-5H,1H3,(H,9,10);3-6H,1-2H3;2-5H,1H3;2-4H,1H3;2-5H,1H3;2*2-4H,1H3;2*2-5,8H,1H3. The zero-order valence-electron chi connectivity index (χ0n) is 63.7. The fourth-order valence-electron chi connectivity index (χ4n) is 7.85. The number of carboxylic acid groups (broad SMARTS) is 1. The molecule has 0 fully saturated rings. The second kappa shape index (κ2) is 52.7. The number of esters is 1. The number of hydrogen-bond donors (Lipinski definition) is 3. The maximum atomic E-state index is 12.3. The smallest absolute Gasteiger partial charge is 0.508 e. The average molecular weight is 1660 g/mol. The maximum absolute atomic E-state index is 12.3. The van der Waals surface area contributed by atoms with Crippen molar-refractivity contribution in [2.24, 2.45) is 0 Å². The number of aromatic carboxylic acids is 1. The molecule has 0 aliphatic carbocycles. The molecular formula is C90H90BrCl3F10O7. The Morgan fingerprint density at radius 2 is 0.748 bits per heavy atom. The third kappa shape index (κ3) is 48.7. The number of carbonyl (C=O) groups is 2. The van der Waals surface area contributed by atoms with Crippen molar-refractivity contribution in [2.45, 2.75) is 103 Å². The number of carboxylic acids is 1. The van der Waals surface area contributed by atoms with Crippen LogP contribution >= 0.6 is 50.7 Å². The molecule has 7 nitrogen and oxygen atoms in total. The lowest BCUT2D eigenvalue weighted by Crippen LogP contribution is -2.17. The molecule has 0 saturated heterocycles. The minimum Gasteiger partial charge on any atom is -0.508 e. The van der Waals surface area contributed by atoms with E-state index in [0.29, 0.717) is 38.8 Å². The number of aryl methyl sites for hydroxylation is 13. The minimum atomic E-state index is -4.60. The second-order valence-electron chi connectivity index (χ2n) is 24.4. The summed E-state index contributed by atoms with van der Waals surface area (Å²) in [5.74, 6) is -2.45. The highest BCUT2D eigenvalue weighted by Gasteiger charge is 2.31. The number of aromatic hydroxyl groups is 2. The minimum absolute atomic E-state index is 0.178. The first kappa shape index (κ1) is 98.6. The fraction of sp³-hybridized carbons (Fsp3) is 0.178. The molecule has 0 aliphatic rings. The van der Waals surface area contributed by atoms with Gasteiger partial charge in [-0.3, -0.25) is 0 Å². The molecule has 12 aromatic carbocycles. The number of methoxy groups -OCH3 is 1. The summed E-state index contributed by atoms with van der Waals surface area (Å²) in [6.45, 7) is 24.7. The van der Waals surface area contributed by atoms with Crippen molar-refractivity contribution in [3.8, 4) is 17.2 Å². The number of phenols is 2. The molecule has 21 heteroatoms. The first-order valence-electron chi connectivity index (χ1n) is 33.6. The lowest BCUT2D eigenvalue weighted by molar-refractivity contribution is -0.274. The lowest BCUT2D eigenvalue weighted by atomic mass is 10.1. The lowest BCUT2D eigenvalue weighted by Gasteiger charge is -2.08. The fourth-order valence-corrected chi connectivity index (χ4v) is 8.65. The zero-order chi connectivity index (χ0) is 84.0. The van der Waals surface area contributed by atoms with Gasteiger partial charge in [0, 0.05) is 25.6 Å². The molecular weight excluding hydrogens is 1570 g/mol. The maximum Gasteiger partial charge on any atom is 0.573 e. The van der Waals surface area contributed by atoms with E-state index in [2.05, 4.69) is 82.6 Å². The van der Waals surface area contributed by atoms with Crippen LogP contribution in [0.3, 0.4) is 0 Å². The van der Waals surface area contributed by atoms with E-state index in [1.807, 2.05) is 126 Å². The third-order valence-electron chi connectivity index (χ3n) is 14.0. The second-order valence-corrected chi connectivity index (χ2v) is 26.6. The Bertz CT molecular complexity index is 4280. The largest absolute Gasteiger partial charge is 0.573 e. The van der Waals surface area contributed by atoms with E-state index < -0.39 is 41.5 Å². The molecule has 0 aliphatic heterocycles. The third-order valence-corrected chi connectivity index (χ3v) is 15.4. The van der Waals surface area contributed by atoms with Gasteiger partial charge in [0.25, 0.3) is 0 Å². The Morgan fingerprint density at radius 3 is 1.08 bits per heavy atom. The van der Waals surface area contributed by atoms with E-state index in [4.69, 9.17) is 50.1 Å². The number of benzene rings is 12. The van der Waals surface area contributed by atoms with Gasteiger partial charge in [0.1, 0.15) is 40.5 Å². The highest BCUT2D eigenvalue weighted by molar-refractivity contribution is 9.10. The van der Waals surface area contributed by atoms with E-state index in [1.165, 1.54) is 84.3 Å². The summed E-state index contributed by atoms with van der Waals surface area (Å²) < 4.78 is 129. The van der Waals surface area contributed by atoms with Gasteiger partial charge in [0.05, 0.1) is 23.8 Å². The highest BCUT2D eigenvalue weighted by Crippen LogP contribution is 2.29. The van der Waals surface area contributed by atoms with E-state index in [-0.39, 0.29) is 17.5 Å². The van der Waals surface area contributed by atoms with Crippen molar-refractivity contribution in [1.29, 1.82) is 0 Å². The van der Waals surface area contributed by atoms with E-state index in [0.717, 1.165) is 84.3 Å². The molecule has 0 spiro atoms. The van der Waals surface area contributed by atoms with Crippen LogP contribution in [0.25, 0.3) is 0 Å². The number of phenolic OH excluding ortho intramolecular Hbond substituents is 2. The molecule has 3 N–H and O–H groups in total. The number of rotatable bonds is 3. The van der Waals surface area contributed by atoms with E-state index in [1.54, 1.807) is 93.6 Å². The summed E-state index contributed by atoms with van der Waals surface area (Å²) in [7, 11) is 1.38. The molecule has 12 rings (SSSR count). The van der Waals surface area contributed by atoms with E-state index in [9.17, 15) is 53.5 Å². The van der Waals surface area contributed by atoms with Crippen molar-refractivity contribution in [2.75, 3.05) is 7.11 Å². The van der Waals surface area contributed by atoms with Crippen molar-refractivity contribution in [3.63, 3.8) is 0 Å². The van der Waals surface area contributed by atoms with Gasteiger partial charge in [0.15, 0.2) is 0 Å². The predicted molar refractivity (Wildman–Crippen MR) is 435 cm³/mol. The van der Waals surface area contributed by atoms with Crippen LogP contribution < -0.4 is 4.74 Å². The molecule has 590 valence electrons. The van der Waals surface area contributed by atoms with Gasteiger partial charge >= 0.3 is 24.5 Å². The van der Waals surface area contributed by atoms with Crippen LogP contribution in [0.4, 0.5) is 43.9 Å². The van der Waals surface area contributed by atoms with E-state index >= 15 is 0 Å². The Hall–Kier alpha value is -10.4. The molecule has 0 radical (unpaired) electrons. The average Bonchev–Trinajstić information content (AvgIpc) is 0.872. The molecule has 0 bridgehead atoms. The van der Waals surface area contributed by atoms with Crippen LogP contribution in [-0.2, 0) is 10.9 Å². The summed E-state index contributed by atoms with van der Waals surface area (Å²) in [4.78, 5) is 21.2. The summed E-state index contributed by atoms with van der Waals surface area (Å²) >= 11 is 20.3. The quantitative estimate of drug-likeness (QED) is 0.119. The van der Waals surface area contributed by atoms with Crippen molar-refractivity contribution in [1.82, 2.24) is 0 Å². The molecule has 0 heterocycles. The van der Waals surface area contributed by atoms with Crippen LogP contribution in [0.2, 0.25) is 15.1 Å². The van der Waals surface area contributed by atoms with Gasteiger partial charge < -0.3 is 24.8 Å². The van der Waals surface area contributed by atoms with Crippen LogP contribution in [0, 0.1) is 113 Å². The van der Waals surface area contributed by atoms with Crippen molar-refractivity contribution in [3.05, 3.63) is 405 Å². The van der Waals surface area contributed by atoms with Crippen LogP contribution in [0.15, 0.2) is 277 Å². The molecule has 0 atom stereocenters. The Labute approximate surface area is 668 Å². The Balaban J connectivity index is 0.000000607. The van der Waals surface area contributed by atoms with Gasteiger partial charge in [-0.05, 0) is 251 Å². The predicted octanol–water partition coefficient (Wildman–Crippen LogP) is 28.3. The Kier molecular flexibility index (Phi) is 46.8. The molecule has 0 unspecified atom stereocenters. The molecule has 111 heavy (non-hydrogen) atoms. The van der Waals surface area contributed by atoms with Crippen LogP contribution in [-0.4, -0.2) is 40.7 Å². The zero-order valence-corrected chi connectivity index (χ0v) is 67.6. The molecule has 0 saturated carbocycles.